The Morgan fingerprint density at radius 2 is 2.09 bits per heavy atom. The molecule has 2 fully saturated rings. The number of hydrogen-bond donors (Lipinski definition) is 0. The fourth-order valence-corrected chi connectivity index (χ4v) is 5.75. The summed E-state index contributed by atoms with van der Waals surface area (Å²) in [7, 11) is 0. The normalized spacial score (nSPS) is 21.1. The smallest absolute Gasteiger partial charge is 0.233 e. The van der Waals surface area contributed by atoms with Crippen molar-refractivity contribution >= 4 is 23.0 Å². The minimum Gasteiger partial charge on any atom is -0.379 e. The van der Waals surface area contributed by atoms with Crippen LogP contribution in [-0.4, -0.2) is 46.5 Å². The number of hydrogen-bond acceptors (Lipinski definition) is 3. The minimum atomic E-state index is -0.681. The first-order chi connectivity index (χ1) is 15.6. The van der Waals surface area contributed by atoms with E-state index in [1.54, 1.807) is 6.07 Å². The molecule has 0 spiro atoms. The molecule has 3 heterocycles. The molecule has 5 rings (SSSR count). The highest BCUT2D eigenvalue weighted by atomic mass is 35.5. The van der Waals surface area contributed by atoms with Gasteiger partial charge in [0.15, 0.2) is 0 Å². The van der Waals surface area contributed by atoms with Crippen molar-refractivity contribution in [1.82, 2.24) is 14.3 Å². The van der Waals surface area contributed by atoms with Gasteiger partial charge in [0.25, 0.3) is 0 Å². The number of fused-ring (bicyclic) bond motifs is 1. The summed E-state index contributed by atoms with van der Waals surface area (Å²) >= 11 is 6.45. The van der Waals surface area contributed by atoms with Crippen LogP contribution in [0.1, 0.15) is 36.9 Å². The molecule has 0 N–H and O–H groups in total. The van der Waals surface area contributed by atoms with Gasteiger partial charge in [0, 0.05) is 42.6 Å². The molecule has 0 bridgehead atoms. The summed E-state index contributed by atoms with van der Waals surface area (Å²) in [5.41, 5.74) is 2.17. The zero-order valence-electron chi connectivity index (χ0n) is 18.0. The summed E-state index contributed by atoms with van der Waals surface area (Å²) < 4.78 is 21.7. The Hall–Kier alpha value is -2.44. The molecule has 1 amide bonds. The number of rotatable bonds is 4. The van der Waals surface area contributed by atoms with E-state index in [0.29, 0.717) is 31.3 Å². The number of nitrogens with zero attached hydrogens (tertiary/aromatic N) is 3. The lowest BCUT2D eigenvalue weighted by Crippen LogP contribution is -2.48. The van der Waals surface area contributed by atoms with Crippen molar-refractivity contribution in [3.63, 3.8) is 0 Å². The van der Waals surface area contributed by atoms with Crippen LogP contribution in [0.15, 0.2) is 48.9 Å². The highest BCUT2D eigenvalue weighted by Gasteiger charge is 2.46. The molecule has 1 atom stereocenters. The molecule has 3 aromatic rings. The molecule has 1 aliphatic carbocycles. The third kappa shape index (κ3) is 3.90. The van der Waals surface area contributed by atoms with E-state index in [2.05, 4.69) is 15.5 Å². The number of amides is 1. The Morgan fingerprint density at radius 1 is 1.25 bits per heavy atom. The molecule has 32 heavy (non-hydrogen) atoms. The maximum absolute atomic E-state index is 14.0. The molecule has 1 saturated carbocycles. The van der Waals surface area contributed by atoms with Gasteiger partial charge in [-0.3, -0.25) is 9.78 Å². The van der Waals surface area contributed by atoms with Gasteiger partial charge in [-0.1, -0.05) is 30.5 Å². The first kappa shape index (κ1) is 21.4. The Kier molecular flexibility index (Phi) is 5.91. The van der Waals surface area contributed by atoms with Gasteiger partial charge in [-0.25, -0.2) is 4.39 Å². The highest BCUT2D eigenvalue weighted by molar-refractivity contribution is 6.31. The van der Waals surface area contributed by atoms with Gasteiger partial charge in [-0.05, 0) is 49.1 Å². The number of ether oxygens (including phenoxy) is 1. The van der Waals surface area contributed by atoms with Gasteiger partial charge in [0.2, 0.25) is 5.91 Å². The number of carbonyl (C=O) groups is 1. The summed E-state index contributed by atoms with van der Waals surface area (Å²) in [4.78, 5) is 20.5. The van der Waals surface area contributed by atoms with Crippen LogP contribution >= 0.6 is 11.6 Å². The number of aromatic nitrogens is 2. The number of carbonyl (C=O) groups excluding carboxylic acids is 1. The van der Waals surface area contributed by atoms with Gasteiger partial charge < -0.3 is 14.0 Å². The van der Waals surface area contributed by atoms with Crippen molar-refractivity contribution in [3.05, 3.63) is 71.0 Å². The maximum Gasteiger partial charge on any atom is 0.233 e. The van der Waals surface area contributed by atoms with E-state index < -0.39 is 5.41 Å². The molecular weight excluding hydrogens is 429 g/mol. The minimum absolute atomic E-state index is 0.0906. The molecule has 1 aliphatic heterocycles. The van der Waals surface area contributed by atoms with Crippen molar-refractivity contribution in [3.8, 4) is 0 Å². The van der Waals surface area contributed by atoms with E-state index in [1.165, 1.54) is 12.1 Å². The first-order valence-electron chi connectivity index (χ1n) is 11.3. The van der Waals surface area contributed by atoms with E-state index in [1.807, 2.05) is 29.6 Å². The molecule has 2 aromatic heterocycles. The van der Waals surface area contributed by atoms with Crippen LogP contribution in [-0.2, 0) is 21.4 Å². The topological polar surface area (TPSA) is 46.8 Å². The molecule has 1 saturated heterocycles. The number of halogens is 2. The van der Waals surface area contributed by atoms with Crippen LogP contribution in [0.3, 0.4) is 0 Å². The van der Waals surface area contributed by atoms with Gasteiger partial charge in [-0.15, -0.1) is 0 Å². The predicted octanol–water partition coefficient (Wildman–Crippen LogP) is 4.66. The van der Waals surface area contributed by atoms with Crippen molar-refractivity contribution in [2.75, 3.05) is 26.3 Å². The van der Waals surface area contributed by atoms with Crippen molar-refractivity contribution in [2.45, 2.75) is 37.5 Å². The monoisotopic (exact) mass is 455 g/mol. The fourth-order valence-electron chi connectivity index (χ4n) is 5.41. The molecule has 2 aliphatic rings. The maximum atomic E-state index is 14.0. The van der Waals surface area contributed by atoms with Crippen LogP contribution in [0.4, 0.5) is 4.39 Å². The fraction of sp³-hybridized carbons (Fsp3) is 0.440. The van der Waals surface area contributed by atoms with Gasteiger partial charge in [0.05, 0.1) is 29.8 Å². The Labute approximate surface area is 192 Å². The summed E-state index contributed by atoms with van der Waals surface area (Å²) in [6.45, 7) is 2.28. The Morgan fingerprint density at radius 3 is 2.91 bits per heavy atom. The van der Waals surface area contributed by atoms with Crippen LogP contribution in [0.2, 0.25) is 5.02 Å². The van der Waals surface area contributed by atoms with Gasteiger partial charge in [0.1, 0.15) is 5.82 Å². The third-order valence-electron chi connectivity index (χ3n) is 6.95. The molecular formula is C25H27ClFN3O2. The molecule has 5 nitrogen and oxygen atoms in total. The summed E-state index contributed by atoms with van der Waals surface area (Å²) in [6.07, 6.45) is 9.91. The van der Waals surface area contributed by atoms with Crippen molar-refractivity contribution in [1.29, 1.82) is 0 Å². The van der Waals surface area contributed by atoms with E-state index in [0.717, 1.165) is 48.9 Å². The zero-order valence-corrected chi connectivity index (χ0v) is 18.7. The molecule has 0 unspecified atom stereocenters. The number of benzene rings is 1. The average molecular weight is 456 g/mol. The largest absolute Gasteiger partial charge is 0.379 e. The summed E-state index contributed by atoms with van der Waals surface area (Å²) in [5.74, 6) is -0.139. The van der Waals surface area contributed by atoms with Gasteiger partial charge >= 0.3 is 0 Å². The Bertz CT molecular complexity index is 1130. The molecule has 168 valence electrons. The van der Waals surface area contributed by atoms with Crippen LogP contribution in [0.25, 0.3) is 5.52 Å². The lowest BCUT2D eigenvalue weighted by molar-refractivity contribution is -0.137. The second kappa shape index (κ2) is 8.83. The zero-order chi connectivity index (χ0) is 22.1. The third-order valence-corrected chi connectivity index (χ3v) is 7.27. The van der Waals surface area contributed by atoms with Gasteiger partial charge in [-0.2, -0.15) is 0 Å². The highest BCUT2D eigenvalue weighted by Crippen LogP contribution is 2.45. The predicted molar refractivity (Wildman–Crippen MR) is 121 cm³/mol. The van der Waals surface area contributed by atoms with Crippen molar-refractivity contribution in [2.24, 2.45) is 5.92 Å². The van der Waals surface area contributed by atoms with Crippen LogP contribution in [0.5, 0.6) is 0 Å². The quantitative estimate of drug-likeness (QED) is 0.575. The summed E-state index contributed by atoms with van der Waals surface area (Å²) in [6, 6.07) is 8.50. The summed E-state index contributed by atoms with van der Waals surface area (Å²) in [5, 5.41) is 0.340. The van der Waals surface area contributed by atoms with Crippen LogP contribution < -0.4 is 0 Å². The lowest BCUT2D eigenvalue weighted by Gasteiger charge is -2.35. The van der Waals surface area contributed by atoms with E-state index in [4.69, 9.17) is 16.3 Å². The van der Waals surface area contributed by atoms with Crippen molar-refractivity contribution < 1.29 is 13.9 Å². The standard InChI is InChI=1S/C25H27ClFN3O2/c26-21-15-19(27)5-6-20(21)25(7-1-2-8-25)24(31)30-12-13-32-17-18(16-30)14-22-23-4-3-10-29(23)11-9-28-22/h3-6,9-11,15,18H,1-2,7-8,12-14,16-17H2/t18-/m1/s1. The van der Waals surface area contributed by atoms with E-state index >= 15 is 0 Å². The lowest BCUT2D eigenvalue weighted by atomic mass is 9.77. The SMILES string of the molecule is O=C(N1CCOC[C@H](Cc2nccn3cccc23)C1)C1(c2ccc(F)cc2Cl)CCCC1. The molecule has 0 radical (unpaired) electrons. The second-order valence-corrected chi connectivity index (χ2v) is 9.39. The first-order valence-corrected chi connectivity index (χ1v) is 11.7. The van der Waals surface area contributed by atoms with Crippen LogP contribution in [0, 0.1) is 11.7 Å². The molecule has 1 aromatic carbocycles. The second-order valence-electron chi connectivity index (χ2n) is 8.98. The Balaban J connectivity index is 1.41. The van der Waals surface area contributed by atoms with E-state index in [-0.39, 0.29) is 17.6 Å². The van der Waals surface area contributed by atoms with E-state index in [9.17, 15) is 9.18 Å². The molecule has 7 heteroatoms. The average Bonchev–Trinajstić information content (AvgIpc) is 3.41.